The molecule has 2 saturated heterocycles. The second-order valence-corrected chi connectivity index (χ2v) is 6.29. The predicted octanol–water partition coefficient (Wildman–Crippen LogP) is 2.11. The van der Waals surface area contributed by atoms with E-state index < -0.39 is 5.97 Å². The van der Waals surface area contributed by atoms with Crippen LogP contribution in [-0.2, 0) is 19.0 Å². The Kier molecular flexibility index (Phi) is 3.15. The van der Waals surface area contributed by atoms with Crippen molar-refractivity contribution in [2.75, 3.05) is 6.79 Å². The molecule has 4 atom stereocenters. The predicted molar refractivity (Wildman–Crippen MR) is 75.9 cm³/mol. The molecule has 0 aliphatic carbocycles. The summed E-state index contributed by atoms with van der Waals surface area (Å²) in [5, 5.41) is 0. The van der Waals surface area contributed by atoms with Crippen LogP contribution >= 0.6 is 15.9 Å². The lowest BCUT2D eigenvalue weighted by Gasteiger charge is -2.18. The van der Waals surface area contributed by atoms with E-state index in [9.17, 15) is 4.79 Å². The molecule has 5 nitrogen and oxygen atoms in total. The van der Waals surface area contributed by atoms with Gasteiger partial charge in [-0.3, -0.25) is 0 Å². The number of hydrogen-bond acceptors (Lipinski definition) is 5. The van der Waals surface area contributed by atoms with Crippen LogP contribution in [-0.4, -0.2) is 37.2 Å². The lowest BCUT2D eigenvalue weighted by Crippen LogP contribution is -2.36. The van der Waals surface area contributed by atoms with E-state index in [1.807, 2.05) is 19.1 Å². The molecule has 110 valence electrons. The Hall–Kier alpha value is -1.21. The second kappa shape index (κ2) is 4.91. The van der Waals surface area contributed by atoms with Gasteiger partial charge in [0.05, 0.1) is 5.57 Å². The highest BCUT2D eigenvalue weighted by Gasteiger charge is 2.55. The maximum absolute atomic E-state index is 12.3. The van der Waals surface area contributed by atoms with Crippen molar-refractivity contribution in [2.45, 2.75) is 31.3 Å². The Morgan fingerprint density at radius 3 is 2.90 bits per heavy atom. The lowest BCUT2D eigenvalue weighted by molar-refractivity contribution is -0.131. The number of benzene rings is 1. The van der Waals surface area contributed by atoms with Crippen LogP contribution < -0.4 is 4.74 Å². The van der Waals surface area contributed by atoms with Crippen LogP contribution in [0.25, 0.3) is 0 Å². The number of carbonyl (C=O) groups excluding carboxylic acids is 1. The monoisotopic (exact) mass is 352 g/mol. The fraction of sp³-hybridized carbons (Fsp3) is 0.400. The molecule has 0 aromatic heterocycles. The molecule has 0 N–H and O–H groups in total. The number of hydrogen-bond donors (Lipinski definition) is 0. The molecule has 2 fully saturated rings. The number of carbonyl (C=O) groups is 1. The molecule has 3 aliphatic heterocycles. The van der Waals surface area contributed by atoms with Crippen molar-refractivity contribution < 1.29 is 23.7 Å². The normalized spacial score (nSPS) is 33.0. The molecule has 2 bridgehead atoms. The fourth-order valence-electron chi connectivity index (χ4n) is 3.02. The van der Waals surface area contributed by atoms with Crippen LogP contribution in [0.1, 0.15) is 5.56 Å². The van der Waals surface area contributed by atoms with Gasteiger partial charge in [0, 0.05) is 4.47 Å². The summed E-state index contributed by atoms with van der Waals surface area (Å²) in [6, 6.07) is 5.53. The number of ether oxygens (including phenoxy) is 4. The Balaban J connectivity index is 1.54. The molecule has 4 rings (SSSR count). The lowest BCUT2D eigenvalue weighted by atomic mass is 9.94. The minimum atomic E-state index is -0.394. The van der Waals surface area contributed by atoms with E-state index in [1.165, 1.54) is 0 Å². The Bertz CT molecular complexity index is 621. The number of aryl methyl sites for hydroxylation is 1. The van der Waals surface area contributed by atoms with Crippen LogP contribution in [0.5, 0.6) is 5.75 Å². The Morgan fingerprint density at radius 1 is 1.29 bits per heavy atom. The summed E-state index contributed by atoms with van der Waals surface area (Å²) in [4.78, 5) is 12.3. The summed E-state index contributed by atoms with van der Waals surface area (Å²) >= 11 is 3.39. The van der Waals surface area contributed by atoms with Crippen molar-refractivity contribution >= 4 is 21.9 Å². The summed E-state index contributed by atoms with van der Waals surface area (Å²) in [5.41, 5.74) is 1.53. The molecule has 6 heteroatoms. The maximum Gasteiger partial charge on any atom is 0.341 e. The van der Waals surface area contributed by atoms with Crippen molar-refractivity contribution in [1.82, 2.24) is 0 Å². The number of fused-ring (bicyclic) bond motifs is 5. The average molecular weight is 353 g/mol. The van der Waals surface area contributed by atoms with Crippen LogP contribution in [0.2, 0.25) is 0 Å². The molecule has 0 spiro atoms. The molecule has 21 heavy (non-hydrogen) atoms. The average Bonchev–Trinajstić information content (AvgIpc) is 3.10. The molecule has 3 aliphatic rings. The van der Waals surface area contributed by atoms with Gasteiger partial charge in [0.1, 0.15) is 37.0 Å². The van der Waals surface area contributed by atoms with Gasteiger partial charge in [-0.25, -0.2) is 4.79 Å². The van der Waals surface area contributed by atoms with Gasteiger partial charge in [-0.15, -0.1) is 0 Å². The fourth-order valence-corrected chi connectivity index (χ4v) is 3.61. The van der Waals surface area contributed by atoms with Crippen LogP contribution in [0.3, 0.4) is 0 Å². The van der Waals surface area contributed by atoms with Gasteiger partial charge in [-0.2, -0.15) is 0 Å². The van der Waals surface area contributed by atoms with Gasteiger partial charge in [0.15, 0.2) is 0 Å². The second-order valence-electron chi connectivity index (χ2n) is 5.38. The highest BCUT2D eigenvalue weighted by Crippen LogP contribution is 2.41. The highest BCUT2D eigenvalue weighted by atomic mass is 79.9. The minimum Gasteiger partial charge on any atom is -0.423 e. The summed E-state index contributed by atoms with van der Waals surface area (Å²) in [7, 11) is 0. The highest BCUT2D eigenvalue weighted by molar-refractivity contribution is 9.10. The first-order chi connectivity index (χ1) is 10.1. The molecular weight excluding hydrogens is 340 g/mol. The molecule has 4 unspecified atom stereocenters. The van der Waals surface area contributed by atoms with E-state index in [-0.39, 0.29) is 31.2 Å². The zero-order valence-corrected chi connectivity index (χ0v) is 12.8. The van der Waals surface area contributed by atoms with E-state index in [4.69, 9.17) is 18.9 Å². The zero-order valence-electron chi connectivity index (χ0n) is 11.2. The Labute approximate surface area is 129 Å². The Morgan fingerprint density at radius 2 is 2.10 bits per heavy atom. The number of halogens is 1. The smallest absolute Gasteiger partial charge is 0.341 e. The molecule has 0 saturated carbocycles. The summed E-state index contributed by atoms with van der Waals surface area (Å²) in [6.45, 7) is 2.20. The molecule has 1 aromatic rings. The van der Waals surface area contributed by atoms with Gasteiger partial charge in [0.25, 0.3) is 0 Å². The third-order valence-electron chi connectivity index (χ3n) is 3.88. The summed E-state index contributed by atoms with van der Waals surface area (Å²) in [5.74, 6) is 0.115. The maximum atomic E-state index is 12.3. The van der Waals surface area contributed by atoms with Gasteiger partial charge < -0.3 is 18.9 Å². The minimum absolute atomic E-state index is 0.0975. The number of rotatable bonds is 2. The van der Waals surface area contributed by atoms with Gasteiger partial charge in [-0.1, -0.05) is 15.9 Å². The van der Waals surface area contributed by atoms with Crippen molar-refractivity contribution in [1.29, 1.82) is 0 Å². The quantitative estimate of drug-likeness (QED) is 0.602. The van der Waals surface area contributed by atoms with Crippen molar-refractivity contribution in [2.24, 2.45) is 0 Å². The zero-order chi connectivity index (χ0) is 14.6. The molecule has 3 heterocycles. The standard InChI is InChI=1S/C15H13BrO5/c1-7-2-8(16)4-9(3-7)20-15(17)10-5-11-13-14(12(10)21-11)19-6-18-13/h2-5,11-14H,6H2,1H3. The molecule has 0 amide bonds. The van der Waals surface area contributed by atoms with E-state index >= 15 is 0 Å². The van der Waals surface area contributed by atoms with Crippen LogP contribution in [0, 0.1) is 6.92 Å². The largest absolute Gasteiger partial charge is 0.423 e. The van der Waals surface area contributed by atoms with Crippen molar-refractivity contribution in [3.8, 4) is 5.75 Å². The topological polar surface area (TPSA) is 54.0 Å². The van der Waals surface area contributed by atoms with Crippen molar-refractivity contribution in [3.05, 3.63) is 39.9 Å². The SMILES string of the molecule is Cc1cc(Br)cc(OC(=O)C2=CC3OC2C2OCOC32)c1. The van der Waals surface area contributed by atoms with Crippen molar-refractivity contribution in [3.63, 3.8) is 0 Å². The first-order valence-corrected chi connectivity index (χ1v) is 7.51. The molecular formula is C15H13BrO5. The third-order valence-corrected chi connectivity index (χ3v) is 4.34. The third kappa shape index (κ3) is 2.23. The van der Waals surface area contributed by atoms with E-state index in [2.05, 4.69) is 15.9 Å². The summed E-state index contributed by atoms with van der Waals surface area (Å²) < 4.78 is 22.9. The van der Waals surface area contributed by atoms with Gasteiger partial charge >= 0.3 is 5.97 Å². The number of esters is 1. The summed E-state index contributed by atoms with van der Waals surface area (Å²) in [6.07, 6.45) is 0.886. The van der Waals surface area contributed by atoms with Crippen LogP contribution in [0.4, 0.5) is 0 Å². The molecule has 0 radical (unpaired) electrons. The van der Waals surface area contributed by atoms with Gasteiger partial charge in [0.2, 0.25) is 0 Å². The first-order valence-electron chi connectivity index (χ1n) is 6.71. The van der Waals surface area contributed by atoms with E-state index in [0.717, 1.165) is 10.0 Å². The van der Waals surface area contributed by atoms with E-state index in [0.29, 0.717) is 11.3 Å². The van der Waals surface area contributed by atoms with Crippen LogP contribution in [0.15, 0.2) is 34.3 Å². The van der Waals surface area contributed by atoms with E-state index in [1.54, 1.807) is 12.1 Å². The first kappa shape index (κ1) is 13.5. The van der Waals surface area contributed by atoms with Gasteiger partial charge in [-0.05, 0) is 36.8 Å². The molecule has 1 aromatic carbocycles.